The third-order valence-corrected chi connectivity index (χ3v) is 10.1. The molecule has 0 radical (unpaired) electrons. The lowest BCUT2D eigenvalue weighted by Gasteiger charge is -2.36. The quantitative estimate of drug-likeness (QED) is 0.540. The first kappa shape index (κ1) is 28.6. The lowest BCUT2D eigenvalue weighted by Crippen LogP contribution is -2.57. The predicted octanol–water partition coefficient (Wildman–Crippen LogP) is 3.74. The van der Waals surface area contributed by atoms with E-state index in [0.29, 0.717) is 25.9 Å². The molecule has 218 valence electrons. The molecule has 40 heavy (non-hydrogen) atoms. The minimum Gasteiger partial charge on any atom is -0.349 e. The van der Waals surface area contributed by atoms with Gasteiger partial charge < -0.3 is 20.4 Å². The van der Waals surface area contributed by atoms with Gasteiger partial charge in [0.1, 0.15) is 6.04 Å². The second-order valence-corrected chi connectivity index (χ2v) is 12.5. The van der Waals surface area contributed by atoms with Crippen LogP contribution in [0, 0.1) is 17.8 Å². The molecule has 2 saturated heterocycles. The number of nitrogens with zero attached hydrogens (tertiary/aromatic N) is 2. The zero-order chi connectivity index (χ0) is 28.4. The van der Waals surface area contributed by atoms with E-state index in [0.717, 1.165) is 51.4 Å². The Kier molecular flexibility index (Phi) is 8.81. The van der Waals surface area contributed by atoms with Gasteiger partial charge in [-0.15, -0.1) is 0 Å². The summed E-state index contributed by atoms with van der Waals surface area (Å²) in [4.78, 5) is 57.5. The zero-order valence-corrected chi connectivity index (χ0v) is 24.4. The Balaban J connectivity index is 1.39. The van der Waals surface area contributed by atoms with Crippen molar-refractivity contribution in [3.8, 4) is 0 Å². The summed E-state index contributed by atoms with van der Waals surface area (Å²) in [6.45, 7) is 6.25. The molecule has 0 bridgehead atoms. The molecule has 2 N–H and O–H groups in total. The number of carbonyl (C=O) groups excluding carboxylic acids is 4. The minimum absolute atomic E-state index is 0.0577. The highest BCUT2D eigenvalue weighted by Crippen LogP contribution is 2.39. The van der Waals surface area contributed by atoms with Crippen LogP contribution in [0.4, 0.5) is 0 Å². The second-order valence-electron chi connectivity index (χ2n) is 12.5. The van der Waals surface area contributed by atoms with Crippen molar-refractivity contribution >= 4 is 23.6 Å². The van der Waals surface area contributed by atoms with Crippen molar-refractivity contribution in [1.29, 1.82) is 0 Å². The molecular formula is C32H46N4O4. The number of rotatable bonds is 7. The van der Waals surface area contributed by atoms with Gasteiger partial charge in [-0.05, 0) is 62.0 Å². The number of hydrogen-bond acceptors (Lipinski definition) is 4. The SMILES string of the molecule is CC[C@@H](C)C(=O)N[C@H](C(=O)N1CC[C@@H]2[C@H]1[C@@H](C(=O)NC1CCCc3ccccc31)CN2C(C)=O)C1CCCCC1. The average molecular weight is 551 g/mol. The van der Waals surface area contributed by atoms with Crippen molar-refractivity contribution in [2.24, 2.45) is 17.8 Å². The molecular weight excluding hydrogens is 504 g/mol. The molecule has 1 unspecified atom stereocenters. The van der Waals surface area contributed by atoms with Crippen molar-refractivity contribution in [2.75, 3.05) is 13.1 Å². The summed E-state index contributed by atoms with van der Waals surface area (Å²) in [6.07, 6.45) is 9.41. The van der Waals surface area contributed by atoms with Crippen LogP contribution in [-0.2, 0) is 25.6 Å². The number of benzene rings is 1. The van der Waals surface area contributed by atoms with Crippen LogP contribution >= 0.6 is 0 Å². The number of hydrogen-bond donors (Lipinski definition) is 2. The Morgan fingerprint density at radius 3 is 2.45 bits per heavy atom. The molecule has 1 aromatic carbocycles. The standard InChI is InChI=1S/C32H46N4O4/c1-4-20(2)30(38)34-28(23-12-6-5-7-13-23)32(40)35-18-17-27-29(35)25(19-36(27)21(3)37)31(39)33-26-16-10-14-22-11-8-9-15-24(22)26/h8-9,11,15,20,23,25-29H,4-7,10,12-14,16-19H2,1-3H3,(H,33,39)(H,34,38)/t20-,25+,26?,27-,28+,29-/m1/s1. The van der Waals surface area contributed by atoms with E-state index in [-0.39, 0.29) is 53.6 Å². The van der Waals surface area contributed by atoms with Crippen molar-refractivity contribution in [3.63, 3.8) is 0 Å². The Morgan fingerprint density at radius 2 is 1.73 bits per heavy atom. The Labute approximate surface area is 238 Å². The fraction of sp³-hybridized carbons (Fsp3) is 0.688. The van der Waals surface area contributed by atoms with E-state index in [1.54, 1.807) is 11.8 Å². The number of likely N-dealkylation sites (tertiary alicyclic amines) is 2. The van der Waals surface area contributed by atoms with Crippen LogP contribution < -0.4 is 10.6 Å². The van der Waals surface area contributed by atoms with E-state index < -0.39 is 12.0 Å². The summed E-state index contributed by atoms with van der Waals surface area (Å²) in [5.41, 5.74) is 2.45. The van der Waals surface area contributed by atoms with Crippen molar-refractivity contribution in [3.05, 3.63) is 35.4 Å². The lowest BCUT2D eigenvalue weighted by atomic mass is 9.82. The van der Waals surface area contributed by atoms with Crippen molar-refractivity contribution < 1.29 is 19.2 Å². The zero-order valence-electron chi connectivity index (χ0n) is 24.4. The van der Waals surface area contributed by atoms with Crippen LogP contribution in [0.5, 0.6) is 0 Å². The topological polar surface area (TPSA) is 98.8 Å². The van der Waals surface area contributed by atoms with Crippen LogP contribution in [-0.4, -0.2) is 64.6 Å². The van der Waals surface area contributed by atoms with Gasteiger partial charge in [-0.1, -0.05) is 57.4 Å². The molecule has 8 heteroatoms. The van der Waals surface area contributed by atoms with E-state index in [1.807, 2.05) is 30.9 Å². The van der Waals surface area contributed by atoms with Crippen LogP contribution in [0.25, 0.3) is 0 Å². The second kappa shape index (κ2) is 12.3. The van der Waals surface area contributed by atoms with E-state index in [9.17, 15) is 19.2 Å². The first-order chi connectivity index (χ1) is 19.3. The maximum absolute atomic E-state index is 14.3. The monoisotopic (exact) mass is 550 g/mol. The van der Waals surface area contributed by atoms with Crippen LogP contribution in [0.3, 0.4) is 0 Å². The van der Waals surface area contributed by atoms with Gasteiger partial charge >= 0.3 is 0 Å². The van der Waals surface area contributed by atoms with Gasteiger partial charge in [0.25, 0.3) is 0 Å². The van der Waals surface area contributed by atoms with E-state index in [4.69, 9.17) is 0 Å². The van der Waals surface area contributed by atoms with Gasteiger partial charge in [0.15, 0.2) is 0 Å². The molecule has 0 aromatic heterocycles. The van der Waals surface area contributed by atoms with Gasteiger partial charge in [-0.25, -0.2) is 0 Å². The molecule has 2 heterocycles. The van der Waals surface area contributed by atoms with Crippen LogP contribution in [0.1, 0.15) is 95.7 Å². The maximum atomic E-state index is 14.3. The highest BCUT2D eigenvalue weighted by molar-refractivity contribution is 5.90. The molecule has 3 fully saturated rings. The van der Waals surface area contributed by atoms with Crippen molar-refractivity contribution in [1.82, 2.24) is 20.4 Å². The number of nitrogens with one attached hydrogen (secondary N) is 2. The highest BCUT2D eigenvalue weighted by Gasteiger charge is 2.55. The highest BCUT2D eigenvalue weighted by atomic mass is 16.2. The van der Waals surface area contributed by atoms with Crippen LogP contribution in [0.2, 0.25) is 0 Å². The molecule has 6 atom stereocenters. The number of carbonyl (C=O) groups is 4. The van der Waals surface area contributed by atoms with E-state index in [1.165, 1.54) is 11.1 Å². The molecule has 4 aliphatic rings. The molecule has 1 saturated carbocycles. The average Bonchev–Trinajstić information content (AvgIpc) is 3.57. The summed E-state index contributed by atoms with van der Waals surface area (Å²) < 4.78 is 0. The van der Waals surface area contributed by atoms with Crippen molar-refractivity contribution in [2.45, 2.75) is 109 Å². The lowest BCUT2D eigenvalue weighted by molar-refractivity contribution is -0.141. The summed E-state index contributed by atoms with van der Waals surface area (Å²) in [5.74, 6) is -0.862. The third kappa shape index (κ3) is 5.64. The molecule has 0 spiro atoms. The van der Waals surface area contributed by atoms with Gasteiger partial charge in [-0.2, -0.15) is 0 Å². The van der Waals surface area contributed by atoms with Gasteiger partial charge in [0.05, 0.1) is 24.0 Å². The number of aryl methyl sites for hydroxylation is 1. The van der Waals surface area contributed by atoms with E-state index in [2.05, 4.69) is 22.8 Å². The smallest absolute Gasteiger partial charge is 0.245 e. The van der Waals surface area contributed by atoms with Gasteiger partial charge in [0.2, 0.25) is 23.6 Å². The molecule has 4 amide bonds. The molecule has 8 nitrogen and oxygen atoms in total. The first-order valence-electron chi connectivity index (χ1n) is 15.6. The number of amides is 4. The summed E-state index contributed by atoms with van der Waals surface area (Å²) >= 11 is 0. The summed E-state index contributed by atoms with van der Waals surface area (Å²) in [5, 5.41) is 6.45. The fourth-order valence-electron chi connectivity index (χ4n) is 7.63. The van der Waals surface area contributed by atoms with E-state index >= 15 is 0 Å². The Bertz CT molecular complexity index is 1120. The van der Waals surface area contributed by atoms with Crippen LogP contribution in [0.15, 0.2) is 24.3 Å². The minimum atomic E-state index is -0.583. The number of fused-ring (bicyclic) bond motifs is 2. The third-order valence-electron chi connectivity index (χ3n) is 10.1. The Morgan fingerprint density at radius 1 is 0.975 bits per heavy atom. The summed E-state index contributed by atoms with van der Waals surface area (Å²) in [7, 11) is 0. The Hall–Kier alpha value is -2.90. The largest absolute Gasteiger partial charge is 0.349 e. The maximum Gasteiger partial charge on any atom is 0.245 e. The molecule has 5 rings (SSSR count). The molecule has 2 aliphatic heterocycles. The normalized spacial score (nSPS) is 27.9. The summed E-state index contributed by atoms with van der Waals surface area (Å²) in [6, 6.07) is 7.10. The molecule has 2 aliphatic carbocycles. The molecule has 1 aromatic rings. The fourth-order valence-corrected chi connectivity index (χ4v) is 7.63. The van der Waals surface area contributed by atoms with Gasteiger partial charge in [0, 0.05) is 25.9 Å². The predicted molar refractivity (Wildman–Crippen MR) is 153 cm³/mol. The first-order valence-corrected chi connectivity index (χ1v) is 15.6. The van der Waals surface area contributed by atoms with Gasteiger partial charge in [-0.3, -0.25) is 19.2 Å².